The van der Waals surface area contributed by atoms with E-state index in [2.05, 4.69) is 5.32 Å². The van der Waals surface area contributed by atoms with Gasteiger partial charge in [-0.25, -0.2) is 8.42 Å². The molecule has 0 bridgehead atoms. The van der Waals surface area contributed by atoms with Crippen LogP contribution in [0.25, 0.3) is 0 Å². The number of carbonyl (C=O) groups excluding carboxylic acids is 1. The maximum Gasteiger partial charge on any atom is 0.311 e. The fourth-order valence-electron chi connectivity index (χ4n) is 1.90. The van der Waals surface area contributed by atoms with Crippen LogP contribution in [0.3, 0.4) is 0 Å². The summed E-state index contributed by atoms with van der Waals surface area (Å²) in [6.45, 7) is 0.0258. The standard InChI is InChI=1S/C13H14ClNO5S/c1-21(19,20)10-6-8(2-3-9(10)14)11(16)15-7-13(4-5-13)12(17)18/h2-3,6H,4-5,7H2,1H3,(H,15,16)(H,17,18). The predicted molar refractivity (Wildman–Crippen MR) is 76.2 cm³/mol. The van der Waals surface area contributed by atoms with Gasteiger partial charge in [-0.05, 0) is 31.0 Å². The lowest BCUT2D eigenvalue weighted by atomic mass is 10.1. The van der Waals surface area contributed by atoms with Crippen molar-refractivity contribution in [2.45, 2.75) is 17.7 Å². The van der Waals surface area contributed by atoms with Crippen molar-refractivity contribution in [1.29, 1.82) is 0 Å². The van der Waals surface area contributed by atoms with Crippen LogP contribution in [-0.4, -0.2) is 38.2 Å². The zero-order valence-corrected chi connectivity index (χ0v) is 12.8. The Hall–Kier alpha value is -1.60. The van der Waals surface area contributed by atoms with Gasteiger partial charge in [-0.3, -0.25) is 9.59 Å². The van der Waals surface area contributed by atoms with E-state index in [1.54, 1.807) is 0 Å². The van der Waals surface area contributed by atoms with Gasteiger partial charge in [0.1, 0.15) is 0 Å². The number of hydrogen-bond acceptors (Lipinski definition) is 4. The van der Waals surface area contributed by atoms with Crippen molar-refractivity contribution in [3.05, 3.63) is 28.8 Å². The lowest BCUT2D eigenvalue weighted by Gasteiger charge is -2.12. The van der Waals surface area contributed by atoms with E-state index < -0.39 is 27.1 Å². The molecule has 2 rings (SSSR count). The first-order valence-electron chi connectivity index (χ1n) is 6.17. The van der Waals surface area contributed by atoms with Crippen LogP contribution < -0.4 is 5.32 Å². The molecule has 1 aliphatic carbocycles. The van der Waals surface area contributed by atoms with E-state index in [9.17, 15) is 18.0 Å². The zero-order valence-electron chi connectivity index (χ0n) is 11.2. The topological polar surface area (TPSA) is 101 Å². The summed E-state index contributed by atoms with van der Waals surface area (Å²) >= 11 is 5.80. The zero-order chi connectivity index (χ0) is 15.8. The van der Waals surface area contributed by atoms with Crippen LogP contribution >= 0.6 is 11.6 Å². The molecule has 1 fully saturated rings. The first-order valence-corrected chi connectivity index (χ1v) is 8.44. The van der Waals surface area contributed by atoms with Gasteiger partial charge in [0.25, 0.3) is 5.91 Å². The molecule has 1 amide bonds. The Morgan fingerprint density at radius 2 is 2.00 bits per heavy atom. The second-order valence-electron chi connectivity index (χ2n) is 5.19. The molecule has 0 radical (unpaired) electrons. The Morgan fingerprint density at radius 1 is 1.38 bits per heavy atom. The van der Waals surface area contributed by atoms with Crippen molar-refractivity contribution >= 4 is 33.3 Å². The molecule has 0 aromatic heterocycles. The summed E-state index contributed by atoms with van der Waals surface area (Å²) < 4.78 is 23.1. The van der Waals surface area contributed by atoms with Crippen LogP contribution in [0.2, 0.25) is 5.02 Å². The highest BCUT2D eigenvalue weighted by atomic mass is 35.5. The maximum atomic E-state index is 12.0. The monoisotopic (exact) mass is 331 g/mol. The highest BCUT2D eigenvalue weighted by Gasteiger charge is 2.50. The van der Waals surface area contributed by atoms with Crippen LogP contribution in [0.15, 0.2) is 23.1 Å². The van der Waals surface area contributed by atoms with Gasteiger partial charge >= 0.3 is 5.97 Å². The number of nitrogens with one attached hydrogen (secondary N) is 1. The van der Waals surface area contributed by atoms with Gasteiger partial charge in [0.2, 0.25) is 0 Å². The average molecular weight is 332 g/mol. The molecule has 6 nitrogen and oxygen atoms in total. The molecule has 1 aliphatic rings. The number of carbonyl (C=O) groups is 2. The van der Waals surface area contributed by atoms with Gasteiger partial charge < -0.3 is 10.4 Å². The predicted octanol–water partition coefficient (Wildman–Crippen LogP) is 1.34. The van der Waals surface area contributed by atoms with E-state index in [1.165, 1.54) is 18.2 Å². The summed E-state index contributed by atoms with van der Waals surface area (Å²) in [6.07, 6.45) is 2.05. The van der Waals surface area contributed by atoms with Gasteiger partial charge in [0, 0.05) is 18.4 Å². The summed E-state index contributed by atoms with van der Waals surface area (Å²) in [6, 6.07) is 3.91. The van der Waals surface area contributed by atoms with E-state index in [0.717, 1.165) is 6.26 Å². The molecule has 8 heteroatoms. The molecule has 2 N–H and O–H groups in total. The van der Waals surface area contributed by atoms with Gasteiger partial charge in [0.15, 0.2) is 9.84 Å². The van der Waals surface area contributed by atoms with Gasteiger partial charge in [0.05, 0.1) is 15.3 Å². The van der Waals surface area contributed by atoms with Crippen LogP contribution in [0.5, 0.6) is 0 Å². The first kappa shape index (κ1) is 15.8. The fraction of sp³-hybridized carbons (Fsp3) is 0.385. The van der Waals surface area contributed by atoms with Crippen molar-refractivity contribution in [3.8, 4) is 0 Å². The minimum absolute atomic E-state index is 0.0258. The summed E-state index contributed by atoms with van der Waals surface area (Å²) in [5.74, 6) is -1.46. The Bertz CT molecular complexity index is 709. The number of rotatable bonds is 5. The minimum atomic E-state index is -3.54. The second kappa shape index (κ2) is 5.31. The second-order valence-corrected chi connectivity index (χ2v) is 7.58. The maximum absolute atomic E-state index is 12.0. The van der Waals surface area contributed by atoms with Crippen LogP contribution in [-0.2, 0) is 14.6 Å². The van der Waals surface area contributed by atoms with Crippen molar-refractivity contribution in [1.82, 2.24) is 5.32 Å². The van der Waals surface area contributed by atoms with Crippen LogP contribution in [0.1, 0.15) is 23.2 Å². The van der Waals surface area contributed by atoms with E-state index in [0.29, 0.717) is 12.8 Å². The SMILES string of the molecule is CS(=O)(=O)c1cc(C(=O)NCC2(C(=O)O)CC2)ccc1Cl. The highest BCUT2D eigenvalue weighted by molar-refractivity contribution is 7.90. The molecule has 1 saturated carbocycles. The fourth-order valence-corrected chi connectivity index (χ4v) is 3.20. The number of carboxylic acids is 1. The number of sulfone groups is 1. The van der Waals surface area contributed by atoms with E-state index in [-0.39, 0.29) is 22.0 Å². The van der Waals surface area contributed by atoms with E-state index >= 15 is 0 Å². The third-order valence-electron chi connectivity index (χ3n) is 3.49. The lowest BCUT2D eigenvalue weighted by Crippen LogP contribution is -2.34. The molecular weight excluding hydrogens is 318 g/mol. The summed E-state index contributed by atoms with van der Waals surface area (Å²) in [5, 5.41) is 11.6. The number of carboxylic acid groups (broad SMARTS) is 1. The molecule has 0 heterocycles. The average Bonchev–Trinajstić information content (AvgIpc) is 3.16. The molecule has 21 heavy (non-hydrogen) atoms. The number of amides is 1. The minimum Gasteiger partial charge on any atom is -0.481 e. The molecule has 0 unspecified atom stereocenters. The Morgan fingerprint density at radius 3 is 2.48 bits per heavy atom. The molecule has 0 atom stereocenters. The third-order valence-corrected chi connectivity index (χ3v) is 5.07. The van der Waals surface area contributed by atoms with Crippen molar-refractivity contribution in [2.75, 3.05) is 12.8 Å². The van der Waals surface area contributed by atoms with Crippen molar-refractivity contribution in [3.63, 3.8) is 0 Å². The molecular formula is C13H14ClNO5S. The van der Waals surface area contributed by atoms with Crippen LogP contribution in [0, 0.1) is 5.41 Å². The number of aliphatic carboxylic acids is 1. The highest BCUT2D eigenvalue weighted by Crippen LogP contribution is 2.45. The molecule has 0 spiro atoms. The molecule has 114 valence electrons. The van der Waals surface area contributed by atoms with Crippen molar-refractivity contribution < 1.29 is 23.1 Å². The Kier molecular flexibility index (Phi) is 3.99. The van der Waals surface area contributed by atoms with Gasteiger partial charge in [-0.1, -0.05) is 11.6 Å². The first-order chi connectivity index (χ1) is 9.66. The molecule has 0 aliphatic heterocycles. The quantitative estimate of drug-likeness (QED) is 0.848. The lowest BCUT2D eigenvalue weighted by molar-refractivity contribution is -0.143. The van der Waals surface area contributed by atoms with Crippen molar-refractivity contribution in [2.24, 2.45) is 5.41 Å². The largest absolute Gasteiger partial charge is 0.481 e. The van der Waals surface area contributed by atoms with Gasteiger partial charge in [-0.15, -0.1) is 0 Å². The van der Waals surface area contributed by atoms with E-state index in [1.807, 2.05) is 0 Å². The third kappa shape index (κ3) is 3.36. The number of halogens is 1. The van der Waals surface area contributed by atoms with Gasteiger partial charge in [-0.2, -0.15) is 0 Å². The van der Waals surface area contributed by atoms with E-state index in [4.69, 9.17) is 16.7 Å². The smallest absolute Gasteiger partial charge is 0.311 e. The summed E-state index contributed by atoms with van der Waals surface area (Å²) in [4.78, 5) is 22.9. The number of benzene rings is 1. The molecule has 0 saturated heterocycles. The Labute approximate surface area is 127 Å². The molecule has 1 aromatic carbocycles. The Balaban J connectivity index is 2.15. The summed E-state index contributed by atoms with van der Waals surface area (Å²) in [5.41, 5.74) is -0.747. The molecule has 1 aromatic rings. The number of hydrogen-bond donors (Lipinski definition) is 2. The summed E-state index contributed by atoms with van der Waals surface area (Å²) in [7, 11) is -3.54. The normalized spacial score (nSPS) is 16.3. The van der Waals surface area contributed by atoms with Crippen LogP contribution in [0.4, 0.5) is 0 Å².